The van der Waals surface area contributed by atoms with Crippen LogP contribution in [0.4, 0.5) is 0 Å². The van der Waals surface area contributed by atoms with Crippen molar-refractivity contribution in [1.82, 2.24) is 4.72 Å². The summed E-state index contributed by atoms with van der Waals surface area (Å²) < 4.78 is 32.6. The van der Waals surface area contributed by atoms with E-state index in [9.17, 15) is 13.5 Å². The normalized spacial score (nSPS) is 19.3. The maximum atomic E-state index is 12.4. The van der Waals surface area contributed by atoms with Gasteiger partial charge in [0.2, 0.25) is 10.0 Å². The third kappa shape index (κ3) is 3.33. The summed E-state index contributed by atoms with van der Waals surface area (Å²) in [6, 6.07) is 6.72. The number of ether oxygens (including phenoxy) is 1. The van der Waals surface area contributed by atoms with Gasteiger partial charge in [0.25, 0.3) is 0 Å². The Bertz CT molecular complexity index is 535. The molecule has 1 aromatic rings. The lowest BCUT2D eigenvalue weighted by atomic mass is 9.93. The molecule has 2 N–H and O–H groups in total. The molecular weight excluding hydrogens is 266 g/mol. The van der Waals surface area contributed by atoms with Crippen LogP contribution in [0.25, 0.3) is 0 Å². The standard InChI is InChI=1S/C13H19NO4S/c1-11-3-2-4-12(9-11)19(16,17)14-13(10-15)5-7-18-8-6-13/h2-4,9,14-15H,5-8,10H2,1H3. The minimum Gasteiger partial charge on any atom is -0.394 e. The molecule has 1 aromatic carbocycles. The van der Waals surface area contributed by atoms with Gasteiger partial charge in [0.1, 0.15) is 0 Å². The van der Waals surface area contributed by atoms with Crippen molar-refractivity contribution in [2.45, 2.75) is 30.2 Å². The predicted octanol–water partition coefficient (Wildman–Crippen LogP) is 0.815. The molecule has 2 rings (SSSR count). The molecule has 1 aliphatic rings. The fourth-order valence-corrected chi connectivity index (χ4v) is 3.74. The lowest BCUT2D eigenvalue weighted by Gasteiger charge is -2.35. The van der Waals surface area contributed by atoms with Gasteiger partial charge in [-0.15, -0.1) is 0 Å². The number of hydrogen-bond acceptors (Lipinski definition) is 4. The van der Waals surface area contributed by atoms with Crippen molar-refractivity contribution in [3.8, 4) is 0 Å². The molecule has 0 aliphatic carbocycles. The van der Waals surface area contributed by atoms with E-state index >= 15 is 0 Å². The minimum atomic E-state index is -3.62. The highest BCUT2D eigenvalue weighted by atomic mass is 32.2. The Labute approximate surface area is 113 Å². The number of aliphatic hydroxyl groups is 1. The molecule has 0 radical (unpaired) electrons. The molecule has 0 spiro atoms. The smallest absolute Gasteiger partial charge is 0.241 e. The van der Waals surface area contributed by atoms with Crippen LogP contribution < -0.4 is 4.72 Å². The number of benzene rings is 1. The minimum absolute atomic E-state index is 0.221. The summed E-state index contributed by atoms with van der Waals surface area (Å²) in [7, 11) is -3.62. The molecule has 1 aliphatic heterocycles. The fourth-order valence-electron chi connectivity index (χ4n) is 2.18. The number of rotatable bonds is 4. The van der Waals surface area contributed by atoms with Crippen LogP contribution in [0, 0.1) is 6.92 Å². The molecule has 106 valence electrons. The maximum absolute atomic E-state index is 12.4. The van der Waals surface area contributed by atoms with Gasteiger partial charge in [0.15, 0.2) is 0 Å². The van der Waals surface area contributed by atoms with E-state index in [1.807, 2.05) is 13.0 Å². The highest BCUT2D eigenvalue weighted by Crippen LogP contribution is 2.23. The van der Waals surface area contributed by atoms with Crippen molar-refractivity contribution in [2.75, 3.05) is 19.8 Å². The summed E-state index contributed by atoms with van der Waals surface area (Å²) in [6.07, 6.45) is 0.961. The third-order valence-corrected chi connectivity index (χ3v) is 4.98. The average Bonchev–Trinajstić information content (AvgIpc) is 2.39. The van der Waals surface area contributed by atoms with Crippen LogP contribution in [0.3, 0.4) is 0 Å². The molecule has 1 saturated heterocycles. The van der Waals surface area contributed by atoms with Gasteiger partial charge in [0, 0.05) is 13.2 Å². The van der Waals surface area contributed by atoms with E-state index in [1.165, 1.54) is 0 Å². The second-order valence-electron chi connectivity index (χ2n) is 4.97. The zero-order valence-corrected chi connectivity index (χ0v) is 11.7. The van der Waals surface area contributed by atoms with Gasteiger partial charge in [-0.2, -0.15) is 0 Å². The van der Waals surface area contributed by atoms with Crippen LogP contribution >= 0.6 is 0 Å². The molecule has 6 heteroatoms. The number of aliphatic hydroxyl groups excluding tert-OH is 1. The summed E-state index contributed by atoms with van der Waals surface area (Å²) in [5.41, 5.74) is 0.0776. The second kappa shape index (κ2) is 5.58. The number of aryl methyl sites for hydroxylation is 1. The zero-order chi connectivity index (χ0) is 13.9. The molecule has 0 unspecified atom stereocenters. The van der Waals surface area contributed by atoms with Gasteiger partial charge < -0.3 is 9.84 Å². The number of hydrogen-bond donors (Lipinski definition) is 2. The van der Waals surface area contributed by atoms with Gasteiger partial charge in [0.05, 0.1) is 17.0 Å². The highest BCUT2D eigenvalue weighted by Gasteiger charge is 2.36. The van der Waals surface area contributed by atoms with E-state index in [2.05, 4.69) is 4.72 Å². The van der Waals surface area contributed by atoms with Gasteiger partial charge in [-0.25, -0.2) is 13.1 Å². The molecule has 0 aromatic heterocycles. The number of sulfonamides is 1. The average molecular weight is 285 g/mol. The molecule has 19 heavy (non-hydrogen) atoms. The van der Waals surface area contributed by atoms with Crippen molar-refractivity contribution < 1.29 is 18.3 Å². The van der Waals surface area contributed by atoms with E-state index in [-0.39, 0.29) is 11.5 Å². The first-order chi connectivity index (χ1) is 8.97. The maximum Gasteiger partial charge on any atom is 0.241 e. The van der Waals surface area contributed by atoms with Crippen molar-refractivity contribution in [3.05, 3.63) is 29.8 Å². The first-order valence-electron chi connectivity index (χ1n) is 6.27. The molecule has 0 bridgehead atoms. The van der Waals surface area contributed by atoms with Gasteiger partial charge in [-0.05, 0) is 37.5 Å². The lowest BCUT2D eigenvalue weighted by molar-refractivity contribution is 0.0223. The van der Waals surface area contributed by atoms with Crippen molar-refractivity contribution in [1.29, 1.82) is 0 Å². The first kappa shape index (κ1) is 14.5. The summed E-state index contributed by atoms with van der Waals surface area (Å²) in [5.74, 6) is 0. The Kier molecular flexibility index (Phi) is 4.25. The van der Waals surface area contributed by atoms with Crippen molar-refractivity contribution in [2.24, 2.45) is 0 Å². The second-order valence-corrected chi connectivity index (χ2v) is 6.66. The Balaban J connectivity index is 2.25. The van der Waals surface area contributed by atoms with Crippen LogP contribution in [0.15, 0.2) is 29.2 Å². The summed E-state index contributed by atoms with van der Waals surface area (Å²) in [5, 5.41) is 9.52. The SMILES string of the molecule is Cc1cccc(S(=O)(=O)NC2(CO)CCOCC2)c1. The summed E-state index contributed by atoms with van der Waals surface area (Å²) >= 11 is 0. The first-order valence-corrected chi connectivity index (χ1v) is 7.75. The monoisotopic (exact) mass is 285 g/mol. The van der Waals surface area contributed by atoms with Crippen molar-refractivity contribution in [3.63, 3.8) is 0 Å². The molecular formula is C13H19NO4S. The van der Waals surface area contributed by atoms with Gasteiger partial charge >= 0.3 is 0 Å². The van der Waals surface area contributed by atoms with Crippen LogP contribution in [0.5, 0.6) is 0 Å². The predicted molar refractivity (Wildman–Crippen MR) is 71.4 cm³/mol. The largest absolute Gasteiger partial charge is 0.394 e. The van der Waals surface area contributed by atoms with Crippen LogP contribution in [-0.2, 0) is 14.8 Å². The highest BCUT2D eigenvalue weighted by molar-refractivity contribution is 7.89. The Morgan fingerprint density at radius 2 is 2.05 bits per heavy atom. The topological polar surface area (TPSA) is 75.6 Å². The van der Waals surface area contributed by atoms with Gasteiger partial charge in [-0.1, -0.05) is 12.1 Å². The van der Waals surface area contributed by atoms with E-state index < -0.39 is 15.6 Å². The molecule has 0 atom stereocenters. The summed E-state index contributed by atoms with van der Waals surface area (Å²) in [4.78, 5) is 0.229. The Hall–Kier alpha value is -0.950. The molecule has 0 amide bonds. The molecule has 1 fully saturated rings. The lowest BCUT2D eigenvalue weighted by Crippen LogP contribution is -2.54. The van der Waals surface area contributed by atoms with Crippen LogP contribution in [-0.4, -0.2) is 38.9 Å². The van der Waals surface area contributed by atoms with E-state index in [1.54, 1.807) is 18.2 Å². The zero-order valence-electron chi connectivity index (χ0n) is 10.9. The molecule has 5 nitrogen and oxygen atoms in total. The molecule has 1 heterocycles. The van der Waals surface area contributed by atoms with Crippen molar-refractivity contribution >= 4 is 10.0 Å². The third-order valence-electron chi connectivity index (χ3n) is 3.40. The van der Waals surface area contributed by atoms with E-state index in [0.29, 0.717) is 26.1 Å². The summed E-state index contributed by atoms with van der Waals surface area (Å²) in [6.45, 7) is 2.53. The van der Waals surface area contributed by atoms with E-state index in [0.717, 1.165) is 5.56 Å². The molecule has 0 saturated carbocycles. The van der Waals surface area contributed by atoms with Crippen LogP contribution in [0.1, 0.15) is 18.4 Å². The fraction of sp³-hybridized carbons (Fsp3) is 0.538. The van der Waals surface area contributed by atoms with E-state index in [4.69, 9.17) is 4.74 Å². The Morgan fingerprint density at radius 1 is 1.37 bits per heavy atom. The van der Waals surface area contributed by atoms with Gasteiger partial charge in [-0.3, -0.25) is 0 Å². The number of nitrogens with one attached hydrogen (secondary N) is 1. The Morgan fingerprint density at radius 3 is 2.63 bits per heavy atom. The van der Waals surface area contributed by atoms with Crippen LogP contribution in [0.2, 0.25) is 0 Å². The quantitative estimate of drug-likeness (QED) is 0.858.